The van der Waals surface area contributed by atoms with E-state index >= 15 is 0 Å². The number of rotatable bonds is 2. The van der Waals surface area contributed by atoms with E-state index in [-0.39, 0.29) is 5.56 Å². The molecule has 1 saturated carbocycles. The third-order valence-corrected chi connectivity index (χ3v) is 3.62. The standard InChI is InChI=1S/C13H16N4O2/c14-13(7-2-1-3-8-13)12-16-11(19-17-12)9-5-4-6-10(18)15-9/h4-6H,1-3,7-8,14H2,(H,15,18). The molecule has 3 N–H and O–H groups in total. The van der Waals surface area contributed by atoms with Crippen molar-refractivity contribution in [3.8, 4) is 11.6 Å². The van der Waals surface area contributed by atoms with Crippen LogP contribution in [0.3, 0.4) is 0 Å². The maximum Gasteiger partial charge on any atom is 0.274 e. The number of aromatic amines is 1. The third-order valence-electron chi connectivity index (χ3n) is 3.62. The predicted octanol–water partition coefficient (Wildman–Crippen LogP) is 1.54. The SMILES string of the molecule is NC1(c2noc(-c3cccc(=O)[nH]3)n2)CCCCC1. The first-order valence-electron chi connectivity index (χ1n) is 6.50. The summed E-state index contributed by atoms with van der Waals surface area (Å²) in [6.45, 7) is 0. The molecule has 0 aromatic carbocycles. The Morgan fingerprint density at radius 3 is 2.79 bits per heavy atom. The molecule has 0 radical (unpaired) electrons. The van der Waals surface area contributed by atoms with Crippen LogP contribution >= 0.6 is 0 Å². The maximum absolute atomic E-state index is 11.3. The molecular formula is C13H16N4O2. The van der Waals surface area contributed by atoms with Crippen LogP contribution in [0.4, 0.5) is 0 Å². The fourth-order valence-electron chi connectivity index (χ4n) is 2.51. The summed E-state index contributed by atoms with van der Waals surface area (Å²) in [7, 11) is 0. The van der Waals surface area contributed by atoms with Gasteiger partial charge in [-0.25, -0.2) is 0 Å². The number of nitrogens with zero attached hydrogens (tertiary/aromatic N) is 2. The molecule has 0 spiro atoms. The van der Waals surface area contributed by atoms with Gasteiger partial charge in [-0.15, -0.1) is 0 Å². The molecule has 19 heavy (non-hydrogen) atoms. The Labute approximate surface area is 110 Å². The van der Waals surface area contributed by atoms with Crippen molar-refractivity contribution in [1.29, 1.82) is 0 Å². The smallest absolute Gasteiger partial charge is 0.274 e. The molecule has 2 aromatic rings. The predicted molar refractivity (Wildman–Crippen MR) is 69.3 cm³/mol. The van der Waals surface area contributed by atoms with Crippen LogP contribution in [-0.2, 0) is 5.54 Å². The first-order valence-corrected chi connectivity index (χ1v) is 6.50. The Balaban J connectivity index is 1.93. The van der Waals surface area contributed by atoms with Crippen molar-refractivity contribution in [3.05, 3.63) is 34.4 Å². The summed E-state index contributed by atoms with van der Waals surface area (Å²) in [5.41, 5.74) is 6.18. The van der Waals surface area contributed by atoms with Crippen LogP contribution in [0.1, 0.15) is 37.9 Å². The Morgan fingerprint density at radius 2 is 2.05 bits per heavy atom. The third kappa shape index (κ3) is 2.31. The number of hydrogen-bond donors (Lipinski definition) is 2. The first-order chi connectivity index (χ1) is 9.17. The summed E-state index contributed by atoms with van der Waals surface area (Å²) in [5, 5.41) is 3.98. The summed E-state index contributed by atoms with van der Waals surface area (Å²) in [6, 6.07) is 4.81. The molecule has 0 unspecified atom stereocenters. The molecule has 6 heteroatoms. The van der Waals surface area contributed by atoms with Gasteiger partial charge in [0, 0.05) is 6.07 Å². The summed E-state index contributed by atoms with van der Waals surface area (Å²) < 4.78 is 5.21. The average Bonchev–Trinajstić information content (AvgIpc) is 2.90. The van der Waals surface area contributed by atoms with E-state index in [1.54, 1.807) is 12.1 Å². The normalized spacial score (nSPS) is 18.4. The van der Waals surface area contributed by atoms with Crippen molar-refractivity contribution in [3.63, 3.8) is 0 Å². The molecule has 0 saturated heterocycles. The van der Waals surface area contributed by atoms with Gasteiger partial charge in [0.05, 0.1) is 5.54 Å². The van der Waals surface area contributed by atoms with Gasteiger partial charge >= 0.3 is 0 Å². The van der Waals surface area contributed by atoms with Gasteiger partial charge in [0.25, 0.3) is 5.89 Å². The van der Waals surface area contributed by atoms with E-state index in [0.717, 1.165) is 25.7 Å². The molecule has 0 atom stereocenters. The molecule has 1 fully saturated rings. The second kappa shape index (κ2) is 4.62. The monoisotopic (exact) mass is 260 g/mol. The Hall–Kier alpha value is -1.95. The van der Waals surface area contributed by atoms with Gasteiger partial charge in [-0.1, -0.05) is 30.5 Å². The molecular weight excluding hydrogens is 244 g/mol. The van der Waals surface area contributed by atoms with Crippen molar-refractivity contribution in [1.82, 2.24) is 15.1 Å². The zero-order chi connectivity index (χ0) is 13.3. The van der Waals surface area contributed by atoms with Gasteiger partial charge in [0.15, 0.2) is 5.82 Å². The zero-order valence-corrected chi connectivity index (χ0v) is 10.6. The van der Waals surface area contributed by atoms with Crippen LogP contribution in [0.25, 0.3) is 11.6 Å². The Morgan fingerprint density at radius 1 is 1.26 bits per heavy atom. The number of hydrogen-bond acceptors (Lipinski definition) is 5. The molecule has 2 aromatic heterocycles. The van der Waals surface area contributed by atoms with Gasteiger partial charge in [-0.2, -0.15) is 4.98 Å². The minimum atomic E-state index is -0.491. The summed E-state index contributed by atoms with van der Waals surface area (Å²) >= 11 is 0. The molecule has 2 heterocycles. The lowest BCUT2D eigenvalue weighted by Crippen LogP contribution is -2.39. The fourth-order valence-corrected chi connectivity index (χ4v) is 2.51. The minimum Gasteiger partial charge on any atom is -0.332 e. The molecule has 1 aliphatic rings. The topological polar surface area (TPSA) is 97.8 Å². The molecule has 0 bridgehead atoms. The van der Waals surface area contributed by atoms with E-state index in [4.69, 9.17) is 10.3 Å². The largest absolute Gasteiger partial charge is 0.332 e. The van der Waals surface area contributed by atoms with E-state index in [2.05, 4.69) is 15.1 Å². The van der Waals surface area contributed by atoms with Crippen molar-refractivity contribution < 1.29 is 4.52 Å². The summed E-state index contributed by atoms with van der Waals surface area (Å²) in [5.74, 6) is 0.843. The average molecular weight is 260 g/mol. The highest BCUT2D eigenvalue weighted by Crippen LogP contribution is 2.33. The van der Waals surface area contributed by atoms with E-state index < -0.39 is 5.54 Å². The highest BCUT2D eigenvalue weighted by molar-refractivity contribution is 5.45. The molecule has 100 valence electrons. The number of aromatic nitrogens is 3. The molecule has 3 rings (SSSR count). The number of H-pyrrole nitrogens is 1. The lowest BCUT2D eigenvalue weighted by atomic mass is 9.82. The second-order valence-corrected chi connectivity index (χ2v) is 5.07. The Kier molecular flexibility index (Phi) is 2.94. The maximum atomic E-state index is 11.3. The molecule has 1 aliphatic carbocycles. The van der Waals surface area contributed by atoms with Crippen molar-refractivity contribution in [2.24, 2.45) is 5.73 Å². The number of nitrogens with two attached hydrogens (primary N) is 1. The van der Waals surface area contributed by atoms with Crippen LogP contribution in [-0.4, -0.2) is 15.1 Å². The molecule has 6 nitrogen and oxygen atoms in total. The molecule has 0 amide bonds. The Bertz CT molecular complexity index is 625. The van der Waals surface area contributed by atoms with Crippen LogP contribution in [0.15, 0.2) is 27.5 Å². The number of nitrogens with one attached hydrogen (secondary N) is 1. The van der Waals surface area contributed by atoms with E-state index in [9.17, 15) is 4.79 Å². The van der Waals surface area contributed by atoms with Gasteiger partial charge in [-0.05, 0) is 18.9 Å². The highest BCUT2D eigenvalue weighted by Gasteiger charge is 2.34. The highest BCUT2D eigenvalue weighted by atomic mass is 16.5. The quantitative estimate of drug-likeness (QED) is 0.853. The minimum absolute atomic E-state index is 0.197. The van der Waals surface area contributed by atoms with Crippen molar-refractivity contribution in [2.45, 2.75) is 37.6 Å². The van der Waals surface area contributed by atoms with Gasteiger partial charge < -0.3 is 15.2 Å². The fraction of sp³-hybridized carbons (Fsp3) is 0.462. The molecule has 0 aliphatic heterocycles. The lowest BCUT2D eigenvalue weighted by Gasteiger charge is -2.29. The summed E-state index contributed by atoms with van der Waals surface area (Å²) in [6.07, 6.45) is 5.12. The number of pyridine rings is 1. The van der Waals surface area contributed by atoms with Gasteiger partial charge in [0.2, 0.25) is 5.56 Å². The summed E-state index contributed by atoms with van der Waals surface area (Å²) in [4.78, 5) is 18.3. The first kappa shape index (κ1) is 12.1. The van der Waals surface area contributed by atoms with Crippen molar-refractivity contribution >= 4 is 0 Å². The van der Waals surface area contributed by atoms with E-state index in [0.29, 0.717) is 17.4 Å². The van der Waals surface area contributed by atoms with E-state index in [1.165, 1.54) is 12.5 Å². The zero-order valence-electron chi connectivity index (χ0n) is 10.6. The van der Waals surface area contributed by atoms with Crippen LogP contribution in [0, 0.1) is 0 Å². The second-order valence-electron chi connectivity index (χ2n) is 5.07. The van der Waals surface area contributed by atoms with Gasteiger partial charge in [-0.3, -0.25) is 4.79 Å². The van der Waals surface area contributed by atoms with Crippen LogP contribution in [0.2, 0.25) is 0 Å². The van der Waals surface area contributed by atoms with Crippen molar-refractivity contribution in [2.75, 3.05) is 0 Å². The van der Waals surface area contributed by atoms with E-state index in [1.807, 2.05) is 0 Å². The van der Waals surface area contributed by atoms with Gasteiger partial charge in [0.1, 0.15) is 5.69 Å². The lowest BCUT2D eigenvalue weighted by molar-refractivity contribution is 0.275. The van der Waals surface area contributed by atoms with Crippen LogP contribution in [0.5, 0.6) is 0 Å². The van der Waals surface area contributed by atoms with Crippen LogP contribution < -0.4 is 11.3 Å².